The van der Waals surface area contributed by atoms with E-state index in [0.717, 1.165) is 0 Å². The summed E-state index contributed by atoms with van der Waals surface area (Å²) in [5, 5.41) is 1.32. The molecule has 0 N–H and O–H groups in total. The van der Waals surface area contributed by atoms with Gasteiger partial charge in [0.15, 0.2) is 0 Å². The van der Waals surface area contributed by atoms with Crippen molar-refractivity contribution in [3.05, 3.63) is 77.4 Å². The minimum absolute atomic E-state index is 1.27. The summed E-state index contributed by atoms with van der Waals surface area (Å²) in [6.45, 7) is 6.49. The van der Waals surface area contributed by atoms with Gasteiger partial charge in [-0.1, -0.05) is 47.7 Å². The van der Waals surface area contributed by atoms with Crippen LogP contribution in [0, 0.1) is 20.8 Å². The van der Waals surface area contributed by atoms with Crippen molar-refractivity contribution in [2.24, 2.45) is 0 Å². The number of hydrogen-bond donors (Lipinski definition) is 0. The summed E-state index contributed by atoms with van der Waals surface area (Å²) in [4.78, 5) is 2.68. The standard InChI is InChI=1S/C23H19NS/c1-14-4-7-17(8-5-14)19-13-18-10-16(3)12-22-23(18)24(19)20-11-15(2)6-9-21(20)25-22/h4-13H,1-3H3. The van der Waals surface area contributed by atoms with Crippen molar-refractivity contribution in [3.63, 3.8) is 0 Å². The van der Waals surface area contributed by atoms with E-state index in [-0.39, 0.29) is 0 Å². The Morgan fingerprint density at radius 2 is 1.44 bits per heavy atom. The summed E-state index contributed by atoms with van der Waals surface area (Å²) in [5.41, 5.74) is 9.08. The Labute approximate surface area is 152 Å². The molecule has 4 aromatic rings. The van der Waals surface area contributed by atoms with Crippen molar-refractivity contribution in [3.8, 4) is 16.9 Å². The summed E-state index contributed by atoms with van der Waals surface area (Å²) in [6.07, 6.45) is 0. The van der Waals surface area contributed by atoms with Crippen molar-refractivity contribution in [1.29, 1.82) is 0 Å². The van der Waals surface area contributed by atoms with Crippen molar-refractivity contribution in [2.45, 2.75) is 30.6 Å². The highest BCUT2D eigenvalue weighted by Gasteiger charge is 2.23. The molecule has 0 spiro atoms. The largest absolute Gasteiger partial charge is 0.307 e. The highest BCUT2D eigenvalue weighted by Crippen LogP contribution is 2.46. The molecule has 2 heterocycles. The lowest BCUT2D eigenvalue weighted by Gasteiger charge is -2.22. The average Bonchev–Trinajstić information content (AvgIpc) is 2.96. The fraction of sp³-hybridized carbons (Fsp3) is 0.130. The molecule has 0 unspecified atom stereocenters. The molecule has 0 aliphatic carbocycles. The molecule has 1 aromatic heterocycles. The van der Waals surface area contributed by atoms with E-state index in [9.17, 15) is 0 Å². The minimum Gasteiger partial charge on any atom is -0.307 e. The van der Waals surface area contributed by atoms with Crippen molar-refractivity contribution in [2.75, 3.05) is 0 Å². The quantitative estimate of drug-likeness (QED) is 0.329. The molecular weight excluding hydrogens is 322 g/mol. The minimum atomic E-state index is 1.27. The molecule has 3 aromatic carbocycles. The predicted octanol–water partition coefficient (Wildman–Crippen LogP) is 6.69. The van der Waals surface area contributed by atoms with Crippen molar-refractivity contribution < 1.29 is 0 Å². The average molecular weight is 341 g/mol. The fourth-order valence-corrected chi connectivity index (χ4v) is 4.90. The third-order valence-electron chi connectivity index (χ3n) is 4.93. The molecule has 0 fully saturated rings. The molecule has 0 bridgehead atoms. The van der Waals surface area contributed by atoms with Gasteiger partial charge in [-0.25, -0.2) is 0 Å². The molecule has 0 saturated carbocycles. The molecule has 25 heavy (non-hydrogen) atoms. The van der Waals surface area contributed by atoms with Crippen LogP contribution in [0.25, 0.3) is 27.8 Å². The zero-order chi connectivity index (χ0) is 17.1. The smallest absolute Gasteiger partial charge is 0.0675 e. The van der Waals surface area contributed by atoms with Crippen LogP contribution in [0.5, 0.6) is 0 Å². The maximum atomic E-state index is 2.45. The first-order valence-corrected chi connectivity index (χ1v) is 9.44. The van der Waals surface area contributed by atoms with Gasteiger partial charge in [0.2, 0.25) is 0 Å². The van der Waals surface area contributed by atoms with E-state index < -0.39 is 0 Å². The lowest BCUT2D eigenvalue weighted by molar-refractivity contribution is 1.05. The molecule has 5 rings (SSSR count). The summed E-state index contributed by atoms with van der Waals surface area (Å²) in [7, 11) is 0. The van der Waals surface area contributed by atoms with E-state index in [4.69, 9.17) is 0 Å². The molecule has 0 saturated heterocycles. The van der Waals surface area contributed by atoms with Gasteiger partial charge in [0.05, 0.1) is 16.9 Å². The molecule has 0 radical (unpaired) electrons. The van der Waals surface area contributed by atoms with E-state index in [0.29, 0.717) is 0 Å². The Hall–Kier alpha value is -2.45. The van der Waals surface area contributed by atoms with Crippen molar-refractivity contribution >= 4 is 22.7 Å². The molecular formula is C23H19NS. The Kier molecular flexibility index (Phi) is 3.13. The maximum Gasteiger partial charge on any atom is 0.0675 e. The van der Waals surface area contributed by atoms with Gasteiger partial charge in [-0.15, -0.1) is 0 Å². The van der Waals surface area contributed by atoms with Gasteiger partial charge >= 0.3 is 0 Å². The first-order valence-electron chi connectivity index (χ1n) is 8.62. The van der Waals surface area contributed by atoms with Crippen LogP contribution < -0.4 is 0 Å². The second-order valence-corrected chi connectivity index (χ2v) is 8.09. The molecule has 2 heteroatoms. The lowest BCUT2D eigenvalue weighted by Crippen LogP contribution is -2.04. The second kappa shape index (κ2) is 5.27. The Morgan fingerprint density at radius 3 is 2.24 bits per heavy atom. The summed E-state index contributed by atoms with van der Waals surface area (Å²) in [5.74, 6) is 0. The van der Waals surface area contributed by atoms with E-state index in [1.54, 1.807) is 0 Å². The van der Waals surface area contributed by atoms with E-state index in [2.05, 4.69) is 86.0 Å². The number of fused-ring (bicyclic) bond motifs is 2. The first-order chi connectivity index (χ1) is 12.1. The number of nitrogens with zero attached hydrogens (tertiary/aromatic N) is 1. The third kappa shape index (κ3) is 2.25. The van der Waals surface area contributed by atoms with Gasteiger partial charge in [0, 0.05) is 15.2 Å². The van der Waals surface area contributed by atoms with Crippen LogP contribution in [-0.2, 0) is 0 Å². The van der Waals surface area contributed by atoms with E-state index >= 15 is 0 Å². The highest BCUT2D eigenvalue weighted by molar-refractivity contribution is 7.99. The van der Waals surface area contributed by atoms with Gasteiger partial charge in [-0.3, -0.25) is 0 Å². The van der Waals surface area contributed by atoms with Crippen LogP contribution in [0.3, 0.4) is 0 Å². The number of hydrogen-bond acceptors (Lipinski definition) is 1. The lowest BCUT2D eigenvalue weighted by atomic mass is 10.1. The number of aromatic nitrogens is 1. The maximum absolute atomic E-state index is 2.45. The number of aryl methyl sites for hydroxylation is 3. The monoisotopic (exact) mass is 341 g/mol. The normalized spacial score (nSPS) is 12.4. The molecule has 122 valence electrons. The Morgan fingerprint density at radius 1 is 0.680 bits per heavy atom. The number of rotatable bonds is 1. The topological polar surface area (TPSA) is 4.93 Å². The van der Waals surface area contributed by atoms with Crippen LogP contribution in [-0.4, -0.2) is 4.57 Å². The summed E-state index contributed by atoms with van der Waals surface area (Å²) >= 11 is 1.89. The molecule has 0 amide bonds. The van der Waals surface area contributed by atoms with Crippen LogP contribution in [0.1, 0.15) is 16.7 Å². The zero-order valence-electron chi connectivity index (χ0n) is 14.6. The van der Waals surface area contributed by atoms with Gasteiger partial charge < -0.3 is 4.57 Å². The first kappa shape index (κ1) is 14.9. The molecule has 1 aliphatic rings. The Balaban J connectivity index is 1.91. The highest BCUT2D eigenvalue weighted by atomic mass is 32.2. The molecule has 1 nitrogen and oxygen atoms in total. The van der Waals surface area contributed by atoms with Gasteiger partial charge in [-0.2, -0.15) is 0 Å². The van der Waals surface area contributed by atoms with Crippen LogP contribution in [0.2, 0.25) is 0 Å². The van der Waals surface area contributed by atoms with Crippen LogP contribution >= 0.6 is 11.8 Å². The summed E-state index contributed by atoms with van der Waals surface area (Å²) in [6, 6.07) is 22.6. The van der Waals surface area contributed by atoms with E-state index in [1.807, 2.05) is 11.8 Å². The SMILES string of the molecule is Cc1ccc(-c2cc3cc(C)cc4c3n2-c2cc(C)ccc2S4)cc1. The van der Waals surface area contributed by atoms with Gasteiger partial charge in [-0.05, 0) is 67.8 Å². The summed E-state index contributed by atoms with van der Waals surface area (Å²) < 4.78 is 2.45. The number of benzene rings is 3. The Bertz CT molecular complexity index is 1130. The van der Waals surface area contributed by atoms with Crippen LogP contribution in [0.4, 0.5) is 0 Å². The molecule has 0 atom stereocenters. The van der Waals surface area contributed by atoms with Crippen molar-refractivity contribution in [1.82, 2.24) is 4.57 Å². The van der Waals surface area contributed by atoms with E-state index in [1.165, 1.54) is 54.3 Å². The van der Waals surface area contributed by atoms with Gasteiger partial charge in [0.1, 0.15) is 0 Å². The van der Waals surface area contributed by atoms with Crippen LogP contribution in [0.15, 0.2) is 70.5 Å². The predicted molar refractivity (Wildman–Crippen MR) is 107 cm³/mol. The second-order valence-electron chi connectivity index (χ2n) is 7.01. The van der Waals surface area contributed by atoms with Gasteiger partial charge in [0.25, 0.3) is 0 Å². The third-order valence-corrected chi connectivity index (χ3v) is 6.02. The fourth-order valence-electron chi connectivity index (χ4n) is 3.73. The zero-order valence-corrected chi connectivity index (χ0v) is 15.4. The molecule has 1 aliphatic heterocycles.